The summed E-state index contributed by atoms with van der Waals surface area (Å²) in [4.78, 5) is 12.1. The summed E-state index contributed by atoms with van der Waals surface area (Å²) in [5, 5.41) is 13.1. The molecule has 0 aliphatic rings. The van der Waals surface area contributed by atoms with Crippen LogP contribution in [0.3, 0.4) is 0 Å². The van der Waals surface area contributed by atoms with Gasteiger partial charge in [0.05, 0.1) is 5.25 Å². The smallest absolute Gasteiger partial charge is 0.237 e. The number of anilines is 2. The number of rotatable bonds is 7. The van der Waals surface area contributed by atoms with Crippen molar-refractivity contribution in [3.05, 3.63) is 42.5 Å². The first kappa shape index (κ1) is 17.4. The molecule has 1 heterocycles. The van der Waals surface area contributed by atoms with Crippen molar-refractivity contribution in [3.8, 4) is 0 Å². The van der Waals surface area contributed by atoms with Crippen LogP contribution in [0.2, 0.25) is 0 Å². The number of aromatic nitrogens is 2. The predicted molar refractivity (Wildman–Crippen MR) is 88.9 cm³/mol. The van der Waals surface area contributed by atoms with Crippen molar-refractivity contribution < 1.29 is 13.6 Å². The molecule has 2 rings (SSSR count). The highest BCUT2D eigenvalue weighted by Crippen LogP contribution is 2.29. The monoisotopic (exact) mass is 356 g/mol. The minimum absolute atomic E-state index is 0.449. The summed E-state index contributed by atoms with van der Waals surface area (Å²) in [5.74, 6) is -2.15. The molecule has 0 unspecified atom stereocenters. The lowest BCUT2D eigenvalue weighted by molar-refractivity contribution is -0.115. The molecule has 0 fully saturated rings. The Morgan fingerprint density at radius 3 is 2.78 bits per heavy atom. The first-order valence-electron chi connectivity index (χ1n) is 6.61. The van der Waals surface area contributed by atoms with Crippen LogP contribution in [-0.2, 0) is 4.79 Å². The number of thioether (sulfide) groups is 1. The fourth-order valence-corrected chi connectivity index (χ4v) is 3.44. The number of hydrogen-bond acceptors (Lipinski definition) is 6. The number of halogens is 2. The maximum Gasteiger partial charge on any atom is 0.237 e. The summed E-state index contributed by atoms with van der Waals surface area (Å²) in [6.07, 6.45) is 1.69. The minimum Gasteiger partial charge on any atom is -0.357 e. The standard InChI is InChI=1S/C14H14F2N4OS2/c1-3-7-17-13-19-20-14(23-13)22-8(2)12(21)18-11-9(15)5-4-6-10(11)16/h3-6,8H,1,7H2,2H3,(H,17,19)(H,18,21)/t8-/m1/s1. The highest BCUT2D eigenvalue weighted by atomic mass is 32.2. The third kappa shape index (κ3) is 4.73. The third-order valence-corrected chi connectivity index (χ3v) is 4.73. The van der Waals surface area contributed by atoms with Gasteiger partial charge in [-0.2, -0.15) is 0 Å². The van der Waals surface area contributed by atoms with E-state index in [-0.39, 0.29) is 0 Å². The molecular weight excluding hydrogens is 342 g/mol. The molecule has 0 bridgehead atoms. The van der Waals surface area contributed by atoms with E-state index < -0.39 is 28.5 Å². The lowest BCUT2D eigenvalue weighted by atomic mass is 10.3. The zero-order chi connectivity index (χ0) is 16.8. The number of amides is 1. The fourth-order valence-electron chi connectivity index (χ4n) is 1.54. The van der Waals surface area contributed by atoms with Crippen LogP contribution in [0.5, 0.6) is 0 Å². The average Bonchev–Trinajstić information content (AvgIpc) is 2.96. The molecule has 23 heavy (non-hydrogen) atoms. The third-order valence-electron chi connectivity index (χ3n) is 2.66. The number of carbonyl (C=O) groups excluding carboxylic acids is 1. The molecule has 1 aromatic heterocycles. The second-order valence-electron chi connectivity index (χ2n) is 4.39. The molecule has 2 N–H and O–H groups in total. The van der Waals surface area contributed by atoms with Gasteiger partial charge in [-0.15, -0.1) is 16.8 Å². The van der Waals surface area contributed by atoms with Crippen molar-refractivity contribution in [3.63, 3.8) is 0 Å². The van der Waals surface area contributed by atoms with E-state index >= 15 is 0 Å². The Labute approximate surface area is 140 Å². The molecule has 1 atom stereocenters. The van der Waals surface area contributed by atoms with Gasteiger partial charge in [-0.3, -0.25) is 4.79 Å². The van der Waals surface area contributed by atoms with E-state index in [0.717, 1.165) is 23.9 Å². The van der Waals surface area contributed by atoms with Crippen LogP contribution in [0.15, 0.2) is 35.2 Å². The summed E-state index contributed by atoms with van der Waals surface area (Å²) < 4.78 is 27.6. The average molecular weight is 356 g/mol. The van der Waals surface area contributed by atoms with Gasteiger partial charge in [-0.1, -0.05) is 35.2 Å². The molecule has 0 saturated heterocycles. The summed E-state index contributed by atoms with van der Waals surface area (Å²) >= 11 is 2.44. The van der Waals surface area contributed by atoms with Gasteiger partial charge in [0.25, 0.3) is 0 Å². The van der Waals surface area contributed by atoms with E-state index in [1.807, 2.05) is 0 Å². The zero-order valence-corrected chi connectivity index (χ0v) is 13.8. The highest BCUT2D eigenvalue weighted by molar-refractivity contribution is 8.02. The quantitative estimate of drug-likeness (QED) is 0.587. The summed E-state index contributed by atoms with van der Waals surface area (Å²) in [7, 11) is 0. The van der Waals surface area contributed by atoms with Crippen molar-refractivity contribution in [2.24, 2.45) is 0 Å². The predicted octanol–water partition coefficient (Wildman–Crippen LogP) is 3.53. The van der Waals surface area contributed by atoms with E-state index in [9.17, 15) is 13.6 Å². The lowest BCUT2D eigenvalue weighted by Gasteiger charge is -2.11. The van der Waals surface area contributed by atoms with Crippen molar-refractivity contribution in [2.75, 3.05) is 17.2 Å². The molecule has 5 nitrogen and oxygen atoms in total. The molecular formula is C14H14F2N4OS2. The van der Waals surface area contributed by atoms with Crippen LogP contribution in [-0.4, -0.2) is 27.9 Å². The molecule has 1 amide bonds. The maximum atomic E-state index is 13.5. The van der Waals surface area contributed by atoms with E-state index in [2.05, 4.69) is 27.4 Å². The minimum atomic E-state index is -0.817. The molecule has 0 aliphatic carbocycles. The topological polar surface area (TPSA) is 66.9 Å². The molecule has 0 spiro atoms. The number of carbonyl (C=O) groups is 1. The van der Waals surface area contributed by atoms with Crippen molar-refractivity contribution in [2.45, 2.75) is 16.5 Å². The van der Waals surface area contributed by atoms with Crippen molar-refractivity contribution >= 4 is 39.8 Å². The molecule has 0 aliphatic heterocycles. The highest BCUT2D eigenvalue weighted by Gasteiger charge is 2.20. The van der Waals surface area contributed by atoms with Crippen LogP contribution >= 0.6 is 23.1 Å². The number of nitrogens with one attached hydrogen (secondary N) is 2. The van der Waals surface area contributed by atoms with Gasteiger partial charge in [0.2, 0.25) is 11.0 Å². The molecule has 0 radical (unpaired) electrons. The summed E-state index contributed by atoms with van der Waals surface area (Å²) in [6, 6.07) is 3.40. The summed E-state index contributed by atoms with van der Waals surface area (Å²) in [6.45, 7) is 5.76. The van der Waals surface area contributed by atoms with Gasteiger partial charge in [0.15, 0.2) is 4.34 Å². The Hall–Kier alpha value is -2.00. The SMILES string of the molecule is C=CCNc1nnc(S[C@H](C)C(=O)Nc2c(F)cccc2F)s1. The Kier molecular flexibility index (Phi) is 6.05. The molecule has 2 aromatic rings. The van der Waals surface area contributed by atoms with Gasteiger partial charge in [0, 0.05) is 6.54 Å². The van der Waals surface area contributed by atoms with E-state index in [4.69, 9.17) is 0 Å². The lowest BCUT2D eigenvalue weighted by Crippen LogP contribution is -2.23. The van der Waals surface area contributed by atoms with Crippen LogP contribution in [0.4, 0.5) is 19.6 Å². The number of para-hydroxylation sites is 1. The second-order valence-corrected chi connectivity index (χ2v) is 6.95. The van der Waals surface area contributed by atoms with Gasteiger partial charge in [-0.25, -0.2) is 8.78 Å². The normalized spacial score (nSPS) is 11.8. The van der Waals surface area contributed by atoms with Crippen LogP contribution < -0.4 is 10.6 Å². The fraction of sp³-hybridized carbons (Fsp3) is 0.214. The van der Waals surface area contributed by atoms with Crippen molar-refractivity contribution in [1.29, 1.82) is 0 Å². The Morgan fingerprint density at radius 2 is 2.13 bits per heavy atom. The molecule has 9 heteroatoms. The van der Waals surface area contributed by atoms with Gasteiger partial charge < -0.3 is 10.6 Å². The zero-order valence-electron chi connectivity index (χ0n) is 12.2. The Bertz CT molecular complexity index is 688. The Balaban J connectivity index is 1.97. The largest absolute Gasteiger partial charge is 0.357 e. The van der Waals surface area contributed by atoms with E-state index in [1.54, 1.807) is 13.0 Å². The van der Waals surface area contributed by atoms with Crippen LogP contribution in [0, 0.1) is 11.6 Å². The second kappa shape index (κ2) is 8.02. The first-order chi connectivity index (χ1) is 11.0. The number of benzene rings is 1. The van der Waals surface area contributed by atoms with Crippen LogP contribution in [0.25, 0.3) is 0 Å². The van der Waals surface area contributed by atoms with Gasteiger partial charge in [-0.05, 0) is 19.1 Å². The van der Waals surface area contributed by atoms with Gasteiger partial charge >= 0.3 is 0 Å². The molecule has 122 valence electrons. The van der Waals surface area contributed by atoms with E-state index in [0.29, 0.717) is 16.0 Å². The van der Waals surface area contributed by atoms with Crippen LogP contribution in [0.1, 0.15) is 6.92 Å². The van der Waals surface area contributed by atoms with Crippen molar-refractivity contribution in [1.82, 2.24) is 10.2 Å². The Morgan fingerprint density at radius 1 is 1.43 bits per heavy atom. The van der Waals surface area contributed by atoms with E-state index in [1.165, 1.54) is 17.4 Å². The molecule has 1 aromatic carbocycles. The molecule has 0 saturated carbocycles. The number of hydrogen-bond donors (Lipinski definition) is 2. The summed E-state index contributed by atoms with van der Waals surface area (Å²) in [5.41, 5.74) is -0.449. The first-order valence-corrected chi connectivity index (χ1v) is 8.30. The maximum absolute atomic E-state index is 13.5. The number of nitrogens with zero attached hydrogens (tertiary/aromatic N) is 2. The van der Waals surface area contributed by atoms with Gasteiger partial charge in [0.1, 0.15) is 17.3 Å².